The number of carbonyl (C=O) groups is 1. The largest absolute Gasteiger partial charge is 0.480 e. The number of aliphatic carboxylic acids is 1. The van der Waals surface area contributed by atoms with Crippen LogP contribution in [0.15, 0.2) is 9.98 Å². The van der Waals surface area contributed by atoms with Crippen molar-refractivity contribution in [2.75, 3.05) is 6.54 Å². The number of carboxylic acid groups (broad SMARTS) is 1. The van der Waals surface area contributed by atoms with E-state index in [9.17, 15) is 14.4 Å². The molecule has 1 unspecified atom stereocenters. The molecule has 12 heavy (non-hydrogen) atoms. The van der Waals surface area contributed by atoms with E-state index in [2.05, 4.69) is 9.98 Å². The van der Waals surface area contributed by atoms with Gasteiger partial charge in [-0.1, -0.05) is 0 Å². The monoisotopic (exact) mass is 170 g/mol. The zero-order valence-corrected chi connectivity index (χ0v) is 6.06. The predicted molar refractivity (Wildman–Crippen MR) is 37.2 cm³/mol. The number of isocyanates is 2. The Morgan fingerprint density at radius 2 is 2.08 bits per heavy atom. The van der Waals surface area contributed by atoms with Crippen molar-refractivity contribution in [3.05, 3.63) is 0 Å². The number of aliphatic imine (C=N–C) groups is 2. The molecular formula is C6H6N2O4. The molecule has 0 spiro atoms. The molecule has 64 valence electrons. The zero-order valence-electron chi connectivity index (χ0n) is 6.06. The van der Waals surface area contributed by atoms with Crippen molar-refractivity contribution < 1.29 is 19.5 Å². The number of carboxylic acids is 1. The van der Waals surface area contributed by atoms with Crippen LogP contribution in [0.3, 0.4) is 0 Å². The van der Waals surface area contributed by atoms with E-state index in [1.807, 2.05) is 0 Å². The molecule has 0 rings (SSSR count). The smallest absolute Gasteiger partial charge is 0.329 e. The van der Waals surface area contributed by atoms with Gasteiger partial charge in [0.25, 0.3) is 0 Å². The van der Waals surface area contributed by atoms with E-state index >= 15 is 0 Å². The molecule has 0 heterocycles. The highest BCUT2D eigenvalue weighted by atomic mass is 16.4. The molecule has 0 amide bonds. The summed E-state index contributed by atoms with van der Waals surface area (Å²) >= 11 is 0. The molecule has 0 fully saturated rings. The molecular weight excluding hydrogens is 164 g/mol. The lowest BCUT2D eigenvalue weighted by Crippen LogP contribution is -2.18. The minimum Gasteiger partial charge on any atom is -0.480 e. The summed E-state index contributed by atoms with van der Waals surface area (Å²) in [7, 11) is 0. The first-order valence-electron chi connectivity index (χ1n) is 3.05. The SMILES string of the molecule is O=C=NCCC(N=C=O)C(=O)O. The van der Waals surface area contributed by atoms with Crippen molar-refractivity contribution in [2.45, 2.75) is 12.5 Å². The highest BCUT2D eigenvalue weighted by Gasteiger charge is 2.14. The van der Waals surface area contributed by atoms with E-state index in [1.165, 1.54) is 6.08 Å². The molecule has 0 aliphatic heterocycles. The number of carbonyl (C=O) groups excluding carboxylic acids is 2. The third kappa shape index (κ3) is 4.11. The van der Waals surface area contributed by atoms with Crippen LogP contribution in [0.4, 0.5) is 0 Å². The normalized spacial score (nSPS) is 10.7. The number of nitrogens with zero attached hydrogens (tertiary/aromatic N) is 2. The summed E-state index contributed by atoms with van der Waals surface area (Å²) in [5.41, 5.74) is 0. The Morgan fingerprint density at radius 3 is 2.50 bits per heavy atom. The maximum Gasteiger partial charge on any atom is 0.329 e. The average Bonchev–Trinajstić information content (AvgIpc) is 2.03. The number of hydrogen-bond acceptors (Lipinski definition) is 5. The maximum atomic E-state index is 10.3. The van der Waals surface area contributed by atoms with Gasteiger partial charge < -0.3 is 5.11 Å². The Kier molecular flexibility index (Phi) is 5.09. The Hall–Kier alpha value is -1.77. The fourth-order valence-electron chi connectivity index (χ4n) is 0.539. The van der Waals surface area contributed by atoms with E-state index < -0.39 is 12.0 Å². The van der Waals surface area contributed by atoms with Gasteiger partial charge in [0.05, 0.1) is 6.54 Å². The molecule has 0 bridgehead atoms. The molecule has 0 aromatic carbocycles. The molecule has 0 aromatic rings. The Labute approximate surface area is 67.6 Å². The first-order chi connectivity index (χ1) is 5.72. The highest BCUT2D eigenvalue weighted by molar-refractivity contribution is 5.74. The van der Waals surface area contributed by atoms with Gasteiger partial charge in [0.2, 0.25) is 12.2 Å². The van der Waals surface area contributed by atoms with Gasteiger partial charge in [-0.2, -0.15) is 4.99 Å². The van der Waals surface area contributed by atoms with Gasteiger partial charge in [-0.3, -0.25) is 0 Å². The minimum absolute atomic E-state index is 0.000185. The summed E-state index contributed by atoms with van der Waals surface area (Å²) in [5, 5.41) is 8.39. The van der Waals surface area contributed by atoms with Crippen LogP contribution >= 0.6 is 0 Å². The van der Waals surface area contributed by atoms with Gasteiger partial charge in [0.1, 0.15) is 0 Å². The molecule has 0 aliphatic rings. The van der Waals surface area contributed by atoms with E-state index in [-0.39, 0.29) is 13.0 Å². The fraction of sp³-hybridized carbons (Fsp3) is 0.500. The summed E-state index contributed by atoms with van der Waals surface area (Å²) < 4.78 is 0. The Bertz CT molecular complexity index is 248. The van der Waals surface area contributed by atoms with Gasteiger partial charge in [-0.15, -0.1) is 0 Å². The van der Waals surface area contributed by atoms with Crippen LogP contribution in [0.1, 0.15) is 6.42 Å². The number of hydrogen-bond donors (Lipinski definition) is 1. The Balaban J connectivity index is 4.04. The minimum atomic E-state index is -1.24. The molecule has 0 radical (unpaired) electrons. The third-order valence-corrected chi connectivity index (χ3v) is 1.07. The zero-order chi connectivity index (χ0) is 9.40. The summed E-state index contributed by atoms with van der Waals surface area (Å²) in [4.78, 5) is 35.6. The van der Waals surface area contributed by atoms with Gasteiger partial charge in [0, 0.05) is 6.42 Å². The summed E-state index contributed by atoms with van der Waals surface area (Å²) in [6.45, 7) is -0.00829. The lowest BCUT2D eigenvalue weighted by Gasteiger charge is -1.99. The van der Waals surface area contributed by atoms with Crippen LogP contribution in [0, 0.1) is 0 Å². The topological polar surface area (TPSA) is 96.2 Å². The number of rotatable bonds is 5. The Morgan fingerprint density at radius 1 is 1.42 bits per heavy atom. The van der Waals surface area contributed by atoms with Gasteiger partial charge in [-0.25, -0.2) is 19.4 Å². The van der Waals surface area contributed by atoms with E-state index in [1.54, 1.807) is 0 Å². The highest BCUT2D eigenvalue weighted by Crippen LogP contribution is 1.96. The van der Waals surface area contributed by atoms with Crippen molar-refractivity contribution in [1.82, 2.24) is 0 Å². The van der Waals surface area contributed by atoms with Crippen LogP contribution in [0.5, 0.6) is 0 Å². The van der Waals surface area contributed by atoms with Crippen LogP contribution in [0.2, 0.25) is 0 Å². The van der Waals surface area contributed by atoms with Crippen LogP contribution < -0.4 is 0 Å². The van der Waals surface area contributed by atoms with E-state index in [0.717, 1.165) is 6.08 Å². The summed E-state index contributed by atoms with van der Waals surface area (Å²) in [5.74, 6) is -1.24. The van der Waals surface area contributed by atoms with Gasteiger partial charge >= 0.3 is 5.97 Å². The van der Waals surface area contributed by atoms with Crippen LogP contribution in [-0.4, -0.2) is 35.8 Å². The van der Waals surface area contributed by atoms with E-state index in [0.29, 0.717) is 0 Å². The van der Waals surface area contributed by atoms with E-state index in [4.69, 9.17) is 5.11 Å². The van der Waals surface area contributed by atoms with Crippen molar-refractivity contribution in [3.8, 4) is 0 Å². The third-order valence-electron chi connectivity index (χ3n) is 1.07. The summed E-state index contributed by atoms with van der Waals surface area (Å²) in [6, 6.07) is -1.17. The van der Waals surface area contributed by atoms with Crippen LogP contribution in [-0.2, 0) is 14.4 Å². The second kappa shape index (κ2) is 5.97. The predicted octanol–water partition coefficient (Wildman–Crippen LogP) is -0.499. The molecule has 0 saturated carbocycles. The molecule has 0 aliphatic carbocycles. The van der Waals surface area contributed by atoms with Crippen molar-refractivity contribution in [1.29, 1.82) is 0 Å². The van der Waals surface area contributed by atoms with Gasteiger partial charge in [-0.05, 0) is 0 Å². The maximum absolute atomic E-state index is 10.3. The molecule has 0 saturated heterocycles. The van der Waals surface area contributed by atoms with Gasteiger partial charge in [0.15, 0.2) is 6.04 Å². The average molecular weight is 170 g/mol. The first kappa shape index (κ1) is 10.2. The van der Waals surface area contributed by atoms with Crippen molar-refractivity contribution >= 4 is 18.1 Å². The molecule has 6 nitrogen and oxygen atoms in total. The van der Waals surface area contributed by atoms with Crippen molar-refractivity contribution in [2.24, 2.45) is 9.98 Å². The van der Waals surface area contributed by atoms with Crippen LogP contribution in [0.25, 0.3) is 0 Å². The summed E-state index contributed by atoms with van der Waals surface area (Å²) in [6.07, 6.45) is 2.38. The molecule has 6 heteroatoms. The quantitative estimate of drug-likeness (QED) is 0.444. The lowest BCUT2D eigenvalue weighted by molar-refractivity contribution is -0.138. The standard InChI is InChI=1S/C6H6N2O4/c9-3-7-2-1-5(6(11)12)8-4-10/h5H,1-2H2,(H,11,12). The lowest BCUT2D eigenvalue weighted by atomic mass is 10.2. The molecule has 1 atom stereocenters. The van der Waals surface area contributed by atoms with Crippen molar-refractivity contribution in [3.63, 3.8) is 0 Å². The second-order valence-electron chi connectivity index (χ2n) is 1.84. The first-order valence-corrected chi connectivity index (χ1v) is 3.05. The second-order valence-corrected chi connectivity index (χ2v) is 1.84. The molecule has 0 aromatic heterocycles. The molecule has 1 N–H and O–H groups in total. The fourth-order valence-corrected chi connectivity index (χ4v) is 0.539.